The van der Waals surface area contributed by atoms with Crippen molar-refractivity contribution >= 4 is 17.6 Å². The van der Waals surface area contributed by atoms with E-state index in [4.69, 9.17) is 4.74 Å². The summed E-state index contributed by atoms with van der Waals surface area (Å²) in [6.45, 7) is 5.73. The highest BCUT2D eigenvalue weighted by Crippen LogP contribution is 2.26. The van der Waals surface area contributed by atoms with E-state index < -0.39 is 0 Å². The molecular formula is C17H23NO3. The summed E-state index contributed by atoms with van der Waals surface area (Å²) < 4.78 is 5.11. The molecule has 1 aromatic carbocycles. The number of anilines is 1. The summed E-state index contributed by atoms with van der Waals surface area (Å²) in [5, 5.41) is 2.84. The molecule has 1 N–H and O–H groups in total. The van der Waals surface area contributed by atoms with Crippen molar-refractivity contribution < 1.29 is 14.3 Å². The summed E-state index contributed by atoms with van der Waals surface area (Å²) in [5.41, 5.74) is 4.00. The fourth-order valence-corrected chi connectivity index (χ4v) is 2.97. The Balaban J connectivity index is 1.88. The average Bonchev–Trinajstić information content (AvgIpc) is 2.94. The molecule has 0 saturated heterocycles. The molecule has 0 heterocycles. The number of hydrogen-bond acceptors (Lipinski definition) is 3. The highest BCUT2D eigenvalue weighted by molar-refractivity contribution is 5.94. The Bertz CT molecular complexity index is 522. The van der Waals surface area contributed by atoms with Gasteiger partial charge in [0.25, 0.3) is 5.91 Å². The van der Waals surface area contributed by atoms with Crippen LogP contribution in [0.2, 0.25) is 0 Å². The molecule has 2 rings (SSSR count). The third-order valence-corrected chi connectivity index (χ3v) is 3.98. The second-order valence-electron chi connectivity index (χ2n) is 5.91. The van der Waals surface area contributed by atoms with Crippen LogP contribution >= 0.6 is 0 Å². The lowest BCUT2D eigenvalue weighted by Gasteiger charge is -2.14. The van der Waals surface area contributed by atoms with Gasteiger partial charge < -0.3 is 10.1 Å². The molecule has 0 radical (unpaired) electrons. The van der Waals surface area contributed by atoms with Gasteiger partial charge in [-0.05, 0) is 44.7 Å². The third-order valence-electron chi connectivity index (χ3n) is 3.98. The Morgan fingerprint density at radius 3 is 2.29 bits per heavy atom. The van der Waals surface area contributed by atoms with Crippen LogP contribution in [0.5, 0.6) is 0 Å². The number of nitrogens with one attached hydrogen (secondary N) is 1. The minimum Gasteiger partial charge on any atom is -0.455 e. The second kappa shape index (κ2) is 6.74. The minimum absolute atomic E-state index is 0.0133. The summed E-state index contributed by atoms with van der Waals surface area (Å²) in [6.07, 6.45) is 3.93. The summed E-state index contributed by atoms with van der Waals surface area (Å²) in [5.74, 6) is -0.531. The van der Waals surface area contributed by atoms with Crippen LogP contribution in [0, 0.1) is 26.7 Å². The molecule has 0 bridgehead atoms. The molecule has 114 valence electrons. The Labute approximate surface area is 125 Å². The zero-order chi connectivity index (χ0) is 15.4. The Morgan fingerprint density at radius 1 is 1.14 bits per heavy atom. The van der Waals surface area contributed by atoms with Gasteiger partial charge in [0.15, 0.2) is 6.61 Å². The lowest BCUT2D eigenvalue weighted by Crippen LogP contribution is -2.24. The van der Waals surface area contributed by atoms with Gasteiger partial charge in [-0.2, -0.15) is 0 Å². The zero-order valence-electron chi connectivity index (χ0n) is 13.0. The fraction of sp³-hybridized carbons (Fsp3) is 0.529. The summed E-state index contributed by atoms with van der Waals surface area (Å²) in [7, 11) is 0. The Morgan fingerprint density at radius 2 is 1.71 bits per heavy atom. The molecule has 1 fully saturated rings. The summed E-state index contributed by atoms with van der Waals surface area (Å²) in [6, 6.07) is 4.04. The maximum Gasteiger partial charge on any atom is 0.309 e. The number of ether oxygens (including phenoxy) is 1. The highest BCUT2D eigenvalue weighted by Gasteiger charge is 2.24. The van der Waals surface area contributed by atoms with E-state index in [9.17, 15) is 9.59 Å². The Hall–Kier alpha value is -1.84. The second-order valence-corrected chi connectivity index (χ2v) is 5.91. The standard InChI is InChI=1S/C17H23NO3/c1-11-8-12(2)16(13(3)9-11)18-15(19)10-21-17(20)14-6-4-5-7-14/h8-9,14H,4-7,10H2,1-3H3,(H,18,19). The van der Waals surface area contributed by atoms with Crippen molar-refractivity contribution in [2.45, 2.75) is 46.5 Å². The summed E-state index contributed by atoms with van der Waals surface area (Å²) in [4.78, 5) is 23.7. The minimum atomic E-state index is -0.281. The van der Waals surface area contributed by atoms with E-state index >= 15 is 0 Å². The van der Waals surface area contributed by atoms with Crippen LogP contribution in [-0.4, -0.2) is 18.5 Å². The highest BCUT2D eigenvalue weighted by atomic mass is 16.5. The third kappa shape index (κ3) is 4.06. The van der Waals surface area contributed by atoms with Crippen LogP contribution in [0.4, 0.5) is 5.69 Å². The van der Waals surface area contributed by atoms with Crippen LogP contribution in [0.25, 0.3) is 0 Å². The number of carbonyl (C=O) groups excluding carboxylic acids is 2. The molecule has 1 aromatic rings. The molecule has 0 aliphatic heterocycles. The number of hydrogen-bond donors (Lipinski definition) is 1. The van der Waals surface area contributed by atoms with Crippen molar-refractivity contribution in [1.29, 1.82) is 0 Å². The monoisotopic (exact) mass is 289 g/mol. The van der Waals surface area contributed by atoms with E-state index in [1.807, 2.05) is 32.9 Å². The van der Waals surface area contributed by atoms with Gasteiger partial charge in [0, 0.05) is 5.69 Å². The van der Waals surface area contributed by atoms with Gasteiger partial charge in [-0.15, -0.1) is 0 Å². The molecule has 1 aliphatic carbocycles. The number of benzene rings is 1. The quantitative estimate of drug-likeness (QED) is 0.865. The van der Waals surface area contributed by atoms with Gasteiger partial charge in [-0.3, -0.25) is 9.59 Å². The lowest BCUT2D eigenvalue weighted by atomic mass is 10.1. The van der Waals surface area contributed by atoms with E-state index in [2.05, 4.69) is 5.32 Å². The Kier molecular flexibility index (Phi) is 4.99. The number of aryl methyl sites for hydroxylation is 3. The van der Waals surface area contributed by atoms with Crippen LogP contribution in [0.3, 0.4) is 0 Å². The first kappa shape index (κ1) is 15.5. The van der Waals surface area contributed by atoms with Gasteiger partial charge in [0.1, 0.15) is 0 Å². The topological polar surface area (TPSA) is 55.4 Å². The molecule has 1 aliphatic rings. The molecule has 0 aromatic heterocycles. The van der Waals surface area contributed by atoms with Gasteiger partial charge in [0.2, 0.25) is 0 Å². The molecule has 0 unspecified atom stereocenters. The van der Waals surface area contributed by atoms with E-state index in [0.29, 0.717) is 0 Å². The molecular weight excluding hydrogens is 266 g/mol. The van der Waals surface area contributed by atoms with Crippen LogP contribution < -0.4 is 5.32 Å². The van der Waals surface area contributed by atoms with E-state index in [0.717, 1.165) is 48.1 Å². The largest absolute Gasteiger partial charge is 0.455 e. The molecule has 4 nitrogen and oxygen atoms in total. The molecule has 4 heteroatoms. The number of esters is 1. The SMILES string of the molecule is Cc1cc(C)c(NC(=O)COC(=O)C2CCCC2)c(C)c1. The van der Waals surface area contributed by atoms with Gasteiger partial charge in [-0.1, -0.05) is 30.5 Å². The molecule has 1 saturated carbocycles. The maximum atomic E-state index is 11.9. The van der Waals surface area contributed by atoms with Crippen molar-refractivity contribution in [2.75, 3.05) is 11.9 Å². The van der Waals surface area contributed by atoms with E-state index in [1.165, 1.54) is 0 Å². The molecule has 1 amide bonds. The fourth-order valence-electron chi connectivity index (χ4n) is 2.97. The maximum absolute atomic E-state index is 11.9. The summed E-state index contributed by atoms with van der Waals surface area (Å²) >= 11 is 0. The van der Waals surface area contributed by atoms with E-state index in [1.54, 1.807) is 0 Å². The predicted octanol–water partition coefficient (Wildman–Crippen LogP) is 3.28. The number of amides is 1. The molecule has 0 spiro atoms. The average molecular weight is 289 g/mol. The first-order valence-electron chi connectivity index (χ1n) is 7.51. The van der Waals surface area contributed by atoms with Crippen molar-refractivity contribution in [3.8, 4) is 0 Å². The zero-order valence-corrected chi connectivity index (χ0v) is 13.0. The van der Waals surface area contributed by atoms with Crippen molar-refractivity contribution in [3.05, 3.63) is 28.8 Å². The van der Waals surface area contributed by atoms with Crippen LogP contribution in [0.1, 0.15) is 42.4 Å². The van der Waals surface area contributed by atoms with E-state index in [-0.39, 0.29) is 24.4 Å². The molecule has 0 atom stereocenters. The van der Waals surface area contributed by atoms with Crippen molar-refractivity contribution in [2.24, 2.45) is 5.92 Å². The predicted molar refractivity (Wildman–Crippen MR) is 82.2 cm³/mol. The number of rotatable bonds is 4. The van der Waals surface area contributed by atoms with Gasteiger partial charge in [0.05, 0.1) is 5.92 Å². The first-order valence-corrected chi connectivity index (χ1v) is 7.51. The lowest BCUT2D eigenvalue weighted by molar-refractivity contribution is -0.151. The van der Waals surface area contributed by atoms with Crippen LogP contribution in [0.15, 0.2) is 12.1 Å². The number of carbonyl (C=O) groups is 2. The smallest absolute Gasteiger partial charge is 0.309 e. The van der Waals surface area contributed by atoms with Crippen molar-refractivity contribution in [1.82, 2.24) is 0 Å². The first-order chi connectivity index (χ1) is 9.97. The van der Waals surface area contributed by atoms with Crippen LogP contribution in [-0.2, 0) is 14.3 Å². The van der Waals surface area contributed by atoms with Gasteiger partial charge in [-0.25, -0.2) is 0 Å². The van der Waals surface area contributed by atoms with Gasteiger partial charge >= 0.3 is 5.97 Å². The molecule has 21 heavy (non-hydrogen) atoms. The normalized spacial score (nSPS) is 15.0. The van der Waals surface area contributed by atoms with Crippen molar-refractivity contribution in [3.63, 3.8) is 0 Å².